The van der Waals surface area contributed by atoms with Gasteiger partial charge in [0.1, 0.15) is 0 Å². The van der Waals surface area contributed by atoms with Gasteiger partial charge < -0.3 is 10.0 Å². The number of hydrogen-bond donors (Lipinski definition) is 1. The third kappa shape index (κ3) is 7.88. The highest BCUT2D eigenvalue weighted by molar-refractivity contribution is 7.98. The molecule has 0 fully saturated rings. The summed E-state index contributed by atoms with van der Waals surface area (Å²) in [6, 6.07) is 0. The zero-order chi connectivity index (χ0) is 9.40. The molecule has 12 heavy (non-hydrogen) atoms. The van der Waals surface area contributed by atoms with Crippen LogP contribution < -0.4 is 0 Å². The molecule has 0 aromatic rings. The predicted molar refractivity (Wildman–Crippen MR) is 52.7 cm³/mol. The van der Waals surface area contributed by atoms with Gasteiger partial charge in [0, 0.05) is 18.7 Å². The lowest BCUT2D eigenvalue weighted by Gasteiger charge is -2.14. The maximum absolute atomic E-state index is 10.2. The lowest BCUT2D eigenvalue weighted by atomic mass is 10.3. The minimum atomic E-state index is -0.701. The Bertz CT molecular complexity index is 130. The molecule has 0 radical (unpaired) electrons. The number of carboxylic acid groups (broad SMARTS) is 1. The lowest BCUT2D eigenvalue weighted by Crippen LogP contribution is -2.22. The highest BCUT2D eigenvalue weighted by Gasteiger charge is 1.99. The van der Waals surface area contributed by atoms with Crippen molar-refractivity contribution in [3.63, 3.8) is 0 Å². The fourth-order valence-electron chi connectivity index (χ4n) is 0.859. The molecule has 0 saturated carbocycles. The van der Waals surface area contributed by atoms with Crippen molar-refractivity contribution >= 4 is 17.7 Å². The fraction of sp³-hybridized carbons (Fsp3) is 0.875. The molecule has 0 aromatic heterocycles. The van der Waals surface area contributed by atoms with Gasteiger partial charge >= 0.3 is 5.97 Å². The number of thioether (sulfide) groups is 1. The Morgan fingerprint density at radius 1 is 1.50 bits per heavy atom. The van der Waals surface area contributed by atoms with E-state index in [1.54, 1.807) is 0 Å². The summed E-state index contributed by atoms with van der Waals surface area (Å²) in [5.74, 6) is 0.414. The zero-order valence-corrected chi connectivity index (χ0v) is 8.56. The monoisotopic (exact) mass is 191 g/mol. The van der Waals surface area contributed by atoms with E-state index in [-0.39, 0.29) is 6.42 Å². The van der Waals surface area contributed by atoms with Crippen LogP contribution in [-0.4, -0.2) is 48.1 Å². The zero-order valence-electron chi connectivity index (χ0n) is 7.75. The Morgan fingerprint density at radius 3 is 2.67 bits per heavy atom. The molecule has 0 spiro atoms. The summed E-state index contributed by atoms with van der Waals surface area (Å²) in [5.41, 5.74) is 0. The van der Waals surface area contributed by atoms with E-state index >= 15 is 0 Å². The molecule has 0 rings (SSSR count). The van der Waals surface area contributed by atoms with Crippen LogP contribution in [-0.2, 0) is 4.79 Å². The van der Waals surface area contributed by atoms with E-state index in [0.29, 0.717) is 0 Å². The topological polar surface area (TPSA) is 40.5 Å². The van der Waals surface area contributed by atoms with E-state index in [9.17, 15) is 4.79 Å². The lowest BCUT2D eigenvalue weighted by molar-refractivity contribution is -0.137. The number of carbonyl (C=O) groups is 1. The quantitative estimate of drug-likeness (QED) is 0.655. The van der Waals surface area contributed by atoms with Gasteiger partial charge in [0.2, 0.25) is 0 Å². The summed E-state index contributed by atoms with van der Waals surface area (Å²) < 4.78 is 0. The van der Waals surface area contributed by atoms with Crippen LogP contribution in [0.15, 0.2) is 0 Å². The van der Waals surface area contributed by atoms with Crippen molar-refractivity contribution in [2.24, 2.45) is 0 Å². The van der Waals surface area contributed by atoms with Gasteiger partial charge in [-0.2, -0.15) is 11.8 Å². The number of nitrogens with zero attached hydrogens (tertiary/aromatic N) is 1. The summed E-state index contributed by atoms with van der Waals surface area (Å²) in [6.07, 6.45) is 3.11. The minimum Gasteiger partial charge on any atom is -0.481 e. The van der Waals surface area contributed by atoms with E-state index in [1.807, 2.05) is 18.8 Å². The molecular formula is C8H17NO2S. The Balaban J connectivity index is 3.19. The van der Waals surface area contributed by atoms with Crippen LogP contribution in [0.4, 0.5) is 0 Å². The Kier molecular flexibility index (Phi) is 7.29. The Labute approximate surface area is 78.1 Å². The first-order valence-corrected chi connectivity index (χ1v) is 5.45. The molecule has 0 unspecified atom stereocenters. The van der Waals surface area contributed by atoms with Crippen molar-refractivity contribution in [2.45, 2.75) is 12.8 Å². The molecule has 4 heteroatoms. The molecule has 0 aliphatic rings. The second kappa shape index (κ2) is 7.43. The molecule has 0 amide bonds. The largest absolute Gasteiger partial charge is 0.481 e. The van der Waals surface area contributed by atoms with E-state index < -0.39 is 5.97 Å². The van der Waals surface area contributed by atoms with Gasteiger partial charge in [0.25, 0.3) is 0 Å². The molecular weight excluding hydrogens is 174 g/mol. The highest BCUT2D eigenvalue weighted by atomic mass is 32.2. The molecule has 0 aliphatic heterocycles. The smallest absolute Gasteiger partial charge is 0.303 e. The van der Waals surface area contributed by atoms with Crippen molar-refractivity contribution in [3.05, 3.63) is 0 Å². The number of rotatable bonds is 7. The van der Waals surface area contributed by atoms with E-state index in [1.165, 1.54) is 0 Å². The van der Waals surface area contributed by atoms with E-state index in [0.717, 1.165) is 25.3 Å². The van der Waals surface area contributed by atoms with Crippen LogP contribution in [0, 0.1) is 0 Å². The van der Waals surface area contributed by atoms with Crippen LogP contribution in [0.3, 0.4) is 0 Å². The maximum Gasteiger partial charge on any atom is 0.303 e. The number of carboxylic acids is 1. The van der Waals surface area contributed by atoms with Gasteiger partial charge in [-0.1, -0.05) is 0 Å². The van der Waals surface area contributed by atoms with Crippen molar-refractivity contribution in [2.75, 3.05) is 32.1 Å². The molecule has 0 saturated heterocycles. The fourth-order valence-corrected chi connectivity index (χ4v) is 1.35. The summed E-state index contributed by atoms with van der Waals surface area (Å²) >= 11 is 1.81. The van der Waals surface area contributed by atoms with Gasteiger partial charge in [-0.15, -0.1) is 0 Å². The standard InChI is InChI=1S/C8H17NO2S/c1-9(6-7-12-2)5-3-4-8(10)11/h3-7H2,1-2H3,(H,10,11). The van der Waals surface area contributed by atoms with Gasteiger partial charge in [-0.3, -0.25) is 4.79 Å². The van der Waals surface area contributed by atoms with Crippen LogP contribution >= 0.6 is 11.8 Å². The Hall–Kier alpha value is -0.220. The van der Waals surface area contributed by atoms with E-state index in [2.05, 4.69) is 11.2 Å². The first-order valence-electron chi connectivity index (χ1n) is 4.06. The van der Waals surface area contributed by atoms with Crippen LogP contribution in [0.2, 0.25) is 0 Å². The molecule has 0 atom stereocenters. The summed E-state index contributed by atoms with van der Waals surface area (Å²) in [4.78, 5) is 12.3. The molecule has 3 nitrogen and oxygen atoms in total. The molecule has 0 bridgehead atoms. The second-order valence-corrected chi connectivity index (χ2v) is 3.78. The first-order chi connectivity index (χ1) is 5.66. The third-order valence-electron chi connectivity index (χ3n) is 1.61. The SMILES string of the molecule is CSCCN(C)CCCC(=O)O. The summed E-state index contributed by atoms with van der Waals surface area (Å²) in [7, 11) is 2.03. The minimum absolute atomic E-state index is 0.281. The van der Waals surface area contributed by atoms with Gasteiger partial charge in [0.15, 0.2) is 0 Å². The van der Waals surface area contributed by atoms with E-state index in [4.69, 9.17) is 5.11 Å². The van der Waals surface area contributed by atoms with Crippen molar-refractivity contribution in [3.8, 4) is 0 Å². The van der Waals surface area contributed by atoms with Crippen LogP contribution in [0.5, 0.6) is 0 Å². The van der Waals surface area contributed by atoms with Crippen LogP contribution in [0.1, 0.15) is 12.8 Å². The number of hydrogen-bond acceptors (Lipinski definition) is 3. The van der Waals surface area contributed by atoms with Gasteiger partial charge in [-0.25, -0.2) is 0 Å². The second-order valence-electron chi connectivity index (χ2n) is 2.79. The maximum atomic E-state index is 10.2. The Morgan fingerprint density at radius 2 is 2.17 bits per heavy atom. The van der Waals surface area contributed by atoms with Crippen molar-refractivity contribution in [1.29, 1.82) is 0 Å². The molecule has 72 valence electrons. The molecule has 0 aliphatic carbocycles. The van der Waals surface area contributed by atoms with Gasteiger partial charge in [-0.05, 0) is 26.3 Å². The highest BCUT2D eigenvalue weighted by Crippen LogP contribution is 1.96. The van der Waals surface area contributed by atoms with Gasteiger partial charge in [0.05, 0.1) is 0 Å². The average molecular weight is 191 g/mol. The first kappa shape index (κ1) is 11.8. The van der Waals surface area contributed by atoms with Crippen molar-refractivity contribution < 1.29 is 9.90 Å². The van der Waals surface area contributed by atoms with Crippen molar-refractivity contribution in [1.82, 2.24) is 4.90 Å². The molecule has 0 aromatic carbocycles. The summed E-state index contributed by atoms with van der Waals surface area (Å²) in [6.45, 7) is 1.92. The average Bonchev–Trinajstić information content (AvgIpc) is 2.00. The molecule has 0 heterocycles. The predicted octanol–water partition coefficient (Wildman–Crippen LogP) is 1.15. The molecule has 1 N–H and O–H groups in total. The third-order valence-corrected chi connectivity index (χ3v) is 2.20. The normalized spacial score (nSPS) is 10.6. The van der Waals surface area contributed by atoms with Crippen LogP contribution in [0.25, 0.3) is 0 Å². The number of aliphatic carboxylic acids is 1. The summed E-state index contributed by atoms with van der Waals surface area (Å²) in [5, 5.41) is 8.38.